The fourth-order valence-electron chi connectivity index (χ4n) is 2.37. The lowest BCUT2D eigenvalue weighted by molar-refractivity contribution is -0.136. The molecule has 0 aromatic carbocycles. The van der Waals surface area contributed by atoms with E-state index in [1.807, 2.05) is 0 Å². The van der Waals surface area contributed by atoms with Crippen molar-refractivity contribution in [2.24, 2.45) is 5.92 Å². The van der Waals surface area contributed by atoms with E-state index in [-0.39, 0.29) is 39.1 Å². The zero-order valence-corrected chi connectivity index (χ0v) is 14.7. The number of nitrogen functional groups attached to an aromatic ring is 1. The highest BCUT2D eigenvalue weighted by atomic mass is 35.5. The Morgan fingerprint density at radius 3 is 2.70 bits per heavy atom. The lowest BCUT2D eigenvalue weighted by Gasteiger charge is -2.30. The van der Waals surface area contributed by atoms with Crippen LogP contribution in [0.4, 0.5) is 5.69 Å². The van der Waals surface area contributed by atoms with Gasteiger partial charge in [-0.2, -0.15) is 0 Å². The van der Waals surface area contributed by atoms with E-state index < -0.39 is 5.97 Å². The fourth-order valence-corrected chi connectivity index (χ4v) is 2.95. The summed E-state index contributed by atoms with van der Waals surface area (Å²) in [7, 11) is 0. The molecular formula is C14H16Cl3N3O3. The fraction of sp³-hybridized carbons (Fsp3) is 0.500. The number of esters is 1. The van der Waals surface area contributed by atoms with Crippen LogP contribution in [-0.4, -0.2) is 41.5 Å². The Labute approximate surface area is 148 Å². The first kappa shape index (κ1) is 18.1. The number of hydrogen-bond donors (Lipinski definition) is 1. The first-order valence-corrected chi connectivity index (χ1v) is 8.19. The molecule has 126 valence electrons. The van der Waals surface area contributed by atoms with Crippen LogP contribution < -0.4 is 5.73 Å². The highest BCUT2D eigenvalue weighted by Crippen LogP contribution is 2.34. The van der Waals surface area contributed by atoms with E-state index in [9.17, 15) is 9.59 Å². The summed E-state index contributed by atoms with van der Waals surface area (Å²) >= 11 is 17.5. The van der Waals surface area contributed by atoms with Crippen molar-refractivity contribution in [1.29, 1.82) is 0 Å². The smallest absolute Gasteiger partial charge is 0.359 e. The summed E-state index contributed by atoms with van der Waals surface area (Å²) in [5.74, 6) is -0.692. The van der Waals surface area contributed by atoms with Crippen molar-refractivity contribution < 1.29 is 14.3 Å². The van der Waals surface area contributed by atoms with E-state index in [4.69, 9.17) is 45.3 Å². The number of ether oxygens (including phenoxy) is 1. The van der Waals surface area contributed by atoms with Crippen LogP contribution >= 0.6 is 34.8 Å². The molecule has 0 aliphatic carbocycles. The number of nitrogens with zero attached hydrogens (tertiary/aromatic N) is 2. The molecule has 0 saturated carbocycles. The number of piperidine rings is 1. The van der Waals surface area contributed by atoms with Crippen LogP contribution in [0, 0.1) is 5.92 Å². The molecule has 1 aromatic rings. The number of hydrogen-bond acceptors (Lipinski definition) is 5. The second-order valence-corrected chi connectivity index (χ2v) is 6.57. The highest BCUT2D eigenvalue weighted by molar-refractivity contribution is 6.46. The molecule has 1 saturated heterocycles. The van der Waals surface area contributed by atoms with Gasteiger partial charge >= 0.3 is 5.97 Å². The van der Waals surface area contributed by atoms with Gasteiger partial charge in [0.15, 0.2) is 17.5 Å². The van der Waals surface area contributed by atoms with Crippen molar-refractivity contribution in [3.05, 3.63) is 20.9 Å². The Kier molecular flexibility index (Phi) is 5.95. The van der Waals surface area contributed by atoms with Crippen LogP contribution in [-0.2, 0) is 9.53 Å². The number of carbonyl (C=O) groups is 2. The number of rotatable bonds is 3. The average Bonchev–Trinajstić information content (AvgIpc) is 2.53. The maximum atomic E-state index is 12.1. The molecular weight excluding hydrogens is 365 g/mol. The van der Waals surface area contributed by atoms with Gasteiger partial charge in [0.25, 0.3) is 5.91 Å². The van der Waals surface area contributed by atoms with Gasteiger partial charge in [-0.15, -0.1) is 0 Å². The monoisotopic (exact) mass is 379 g/mol. The minimum absolute atomic E-state index is 0.0356. The number of anilines is 1. The number of carbonyl (C=O) groups excluding carboxylic acids is 2. The largest absolute Gasteiger partial charge is 0.451 e. The Hall–Kier alpha value is -1.24. The van der Waals surface area contributed by atoms with E-state index >= 15 is 0 Å². The molecule has 2 N–H and O–H groups in total. The lowest BCUT2D eigenvalue weighted by atomic mass is 10.0. The molecule has 0 spiro atoms. The van der Waals surface area contributed by atoms with Gasteiger partial charge in [0.2, 0.25) is 0 Å². The van der Waals surface area contributed by atoms with Crippen LogP contribution in [0.5, 0.6) is 0 Å². The summed E-state index contributed by atoms with van der Waals surface area (Å²) in [6.45, 7) is 3.02. The van der Waals surface area contributed by atoms with Gasteiger partial charge in [-0.05, 0) is 18.8 Å². The van der Waals surface area contributed by atoms with Gasteiger partial charge < -0.3 is 15.4 Å². The molecule has 1 aliphatic rings. The quantitative estimate of drug-likeness (QED) is 0.643. The van der Waals surface area contributed by atoms with Crippen molar-refractivity contribution in [3.8, 4) is 0 Å². The number of likely N-dealkylation sites (tertiary alicyclic amines) is 1. The lowest BCUT2D eigenvalue weighted by Crippen LogP contribution is -2.41. The molecule has 0 radical (unpaired) electrons. The summed E-state index contributed by atoms with van der Waals surface area (Å²) in [5.41, 5.74) is 5.31. The SMILES string of the molecule is C[C@@H]1CCCN(C(=O)COC(=O)c2nc(Cl)c(Cl)c(N)c2Cl)C1. The number of nitrogens with two attached hydrogens (primary N) is 1. The van der Waals surface area contributed by atoms with Gasteiger partial charge in [-0.25, -0.2) is 9.78 Å². The molecule has 1 aromatic heterocycles. The molecule has 2 rings (SSSR count). The van der Waals surface area contributed by atoms with Crippen molar-refractivity contribution in [1.82, 2.24) is 9.88 Å². The number of amides is 1. The second kappa shape index (κ2) is 7.55. The molecule has 6 nitrogen and oxygen atoms in total. The third kappa shape index (κ3) is 4.19. The Bertz CT molecular complexity index is 639. The van der Waals surface area contributed by atoms with Crippen LogP contribution in [0.3, 0.4) is 0 Å². The standard InChI is InChI=1S/C14H16Cl3N3O3/c1-7-3-2-4-20(5-7)8(21)6-23-14(22)12-9(15)11(18)10(16)13(17)19-12/h7H,2-6H2,1H3,(H2,18,19)/t7-/m1/s1. The topological polar surface area (TPSA) is 85.5 Å². The molecule has 23 heavy (non-hydrogen) atoms. The Morgan fingerprint density at radius 1 is 1.35 bits per heavy atom. The van der Waals surface area contributed by atoms with Crippen LogP contribution in [0.2, 0.25) is 15.2 Å². The summed E-state index contributed by atoms with van der Waals surface area (Å²) < 4.78 is 4.97. The molecule has 1 fully saturated rings. The Balaban J connectivity index is 2.01. The van der Waals surface area contributed by atoms with E-state index in [2.05, 4.69) is 11.9 Å². The van der Waals surface area contributed by atoms with Crippen molar-refractivity contribution >= 4 is 52.4 Å². The van der Waals surface area contributed by atoms with E-state index in [0.717, 1.165) is 12.8 Å². The summed E-state index contributed by atoms with van der Waals surface area (Å²) in [6.07, 6.45) is 2.03. The predicted octanol–water partition coefficient (Wildman–Crippen LogP) is 3.04. The number of aromatic nitrogens is 1. The molecule has 1 amide bonds. The first-order valence-electron chi connectivity index (χ1n) is 7.06. The van der Waals surface area contributed by atoms with E-state index in [1.54, 1.807) is 4.90 Å². The zero-order chi connectivity index (χ0) is 17.1. The molecule has 1 atom stereocenters. The first-order chi connectivity index (χ1) is 10.8. The third-order valence-electron chi connectivity index (χ3n) is 3.60. The predicted molar refractivity (Wildman–Crippen MR) is 88.9 cm³/mol. The molecule has 9 heteroatoms. The van der Waals surface area contributed by atoms with E-state index in [1.165, 1.54) is 0 Å². The maximum Gasteiger partial charge on any atom is 0.359 e. The van der Waals surface area contributed by atoms with Gasteiger partial charge in [0.05, 0.1) is 10.7 Å². The minimum atomic E-state index is -0.876. The van der Waals surface area contributed by atoms with Crippen LogP contribution in [0.15, 0.2) is 0 Å². The number of pyridine rings is 1. The van der Waals surface area contributed by atoms with Crippen molar-refractivity contribution in [3.63, 3.8) is 0 Å². The Morgan fingerprint density at radius 2 is 2.04 bits per heavy atom. The van der Waals surface area contributed by atoms with Crippen LogP contribution in [0.25, 0.3) is 0 Å². The van der Waals surface area contributed by atoms with Crippen molar-refractivity contribution in [2.75, 3.05) is 25.4 Å². The van der Waals surface area contributed by atoms with Gasteiger partial charge in [-0.1, -0.05) is 41.7 Å². The summed E-state index contributed by atoms with van der Waals surface area (Å²) in [6, 6.07) is 0. The average molecular weight is 381 g/mol. The van der Waals surface area contributed by atoms with Gasteiger partial charge in [0, 0.05) is 13.1 Å². The van der Waals surface area contributed by atoms with Crippen molar-refractivity contribution in [2.45, 2.75) is 19.8 Å². The maximum absolute atomic E-state index is 12.1. The minimum Gasteiger partial charge on any atom is -0.451 e. The van der Waals surface area contributed by atoms with Gasteiger partial charge in [-0.3, -0.25) is 4.79 Å². The van der Waals surface area contributed by atoms with Gasteiger partial charge in [0.1, 0.15) is 5.02 Å². The molecule has 0 unspecified atom stereocenters. The normalized spacial score (nSPS) is 17.9. The molecule has 2 heterocycles. The molecule has 0 bridgehead atoms. The second-order valence-electron chi connectivity index (χ2n) is 5.46. The highest BCUT2D eigenvalue weighted by Gasteiger charge is 2.24. The summed E-state index contributed by atoms with van der Waals surface area (Å²) in [5, 5.41) is -0.341. The van der Waals surface area contributed by atoms with Crippen LogP contribution in [0.1, 0.15) is 30.3 Å². The number of halogens is 3. The zero-order valence-electron chi connectivity index (χ0n) is 12.4. The summed E-state index contributed by atoms with van der Waals surface area (Å²) in [4.78, 5) is 29.5. The molecule has 1 aliphatic heterocycles. The van der Waals surface area contributed by atoms with E-state index in [0.29, 0.717) is 19.0 Å². The third-order valence-corrected chi connectivity index (χ3v) is 4.74.